The summed E-state index contributed by atoms with van der Waals surface area (Å²) in [6.07, 6.45) is 1.43. The number of benzene rings is 1. The number of carbonyl (C=O) groups excluding carboxylic acids is 1. The normalized spacial score (nSPS) is 21.0. The van der Waals surface area contributed by atoms with Crippen molar-refractivity contribution in [2.24, 2.45) is 0 Å². The van der Waals surface area contributed by atoms with E-state index in [0.29, 0.717) is 11.4 Å². The van der Waals surface area contributed by atoms with Crippen molar-refractivity contribution in [1.29, 1.82) is 0 Å². The van der Waals surface area contributed by atoms with Crippen LogP contribution in [0.4, 0.5) is 0 Å². The number of hydrogen-bond acceptors (Lipinski definition) is 1. The summed E-state index contributed by atoms with van der Waals surface area (Å²) in [6, 6.07) is 5.82. The number of amides is 1. The van der Waals surface area contributed by atoms with Crippen molar-refractivity contribution >= 4 is 33.4 Å². The molecule has 0 saturated carbocycles. The molecule has 74 valence electrons. The predicted octanol–water partition coefficient (Wildman–Crippen LogP) is 3.05. The minimum atomic E-state index is 0.0862. The van der Waals surface area contributed by atoms with Crippen molar-refractivity contribution in [3.63, 3.8) is 0 Å². The van der Waals surface area contributed by atoms with E-state index in [-0.39, 0.29) is 11.9 Å². The third-order valence-corrected chi connectivity index (χ3v) is 3.15. The van der Waals surface area contributed by atoms with Gasteiger partial charge in [-0.1, -0.05) is 33.6 Å². The lowest BCUT2D eigenvalue weighted by Crippen LogP contribution is -2.18. The lowest BCUT2D eigenvalue weighted by atomic mass is 10.1. The third kappa shape index (κ3) is 1.93. The lowest BCUT2D eigenvalue weighted by molar-refractivity contribution is -0.119. The van der Waals surface area contributed by atoms with E-state index in [9.17, 15) is 4.79 Å². The molecule has 2 nitrogen and oxygen atoms in total. The molecule has 0 aromatic heterocycles. The fourth-order valence-corrected chi connectivity index (χ4v) is 2.44. The van der Waals surface area contributed by atoms with Gasteiger partial charge in [-0.2, -0.15) is 0 Å². The van der Waals surface area contributed by atoms with Gasteiger partial charge in [0.2, 0.25) is 5.91 Å². The van der Waals surface area contributed by atoms with Crippen LogP contribution in [0.25, 0.3) is 0 Å². The Labute approximate surface area is 95.8 Å². The molecule has 0 unspecified atom stereocenters. The summed E-state index contributed by atoms with van der Waals surface area (Å²) >= 11 is 9.42. The second kappa shape index (κ2) is 3.91. The van der Waals surface area contributed by atoms with Gasteiger partial charge < -0.3 is 5.32 Å². The van der Waals surface area contributed by atoms with Gasteiger partial charge in [-0.25, -0.2) is 0 Å². The lowest BCUT2D eigenvalue weighted by Gasteiger charge is -2.12. The van der Waals surface area contributed by atoms with Gasteiger partial charge >= 0.3 is 0 Å². The van der Waals surface area contributed by atoms with E-state index in [0.717, 1.165) is 16.5 Å². The summed E-state index contributed by atoms with van der Waals surface area (Å²) in [7, 11) is 0. The molecule has 14 heavy (non-hydrogen) atoms. The van der Waals surface area contributed by atoms with Crippen LogP contribution in [-0.2, 0) is 4.79 Å². The Morgan fingerprint density at radius 1 is 1.50 bits per heavy atom. The third-order valence-electron chi connectivity index (χ3n) is 2.33. The molecule has 0 bridgehead atoms. The standard InChI is InChI=1S/C10H9BrClNO/c11-6-1-2-7(8(12)5-6)9-3-4-10(14)13-9/h1-2,5,9H,3-4H2,(H,13,14)/t9-/m1/s1. The Kier molecular flexibility index (Phi) is 2.79. The quantitative estimate of drug-likeness (QED) is 0.838. The Morgan fingerprint density at radius 3 is 2.86 bits per heavy atom. The summed E-state index contributed by atoms with van der Waals surface area (Å²) in [5.74, 6) is 0.106. The smallest absolute Gasteiger partial charge is 0.220 e. The Bertz CT molecular complexity index is 380. The maximum atomic E-state index is 11.0. The monoisotopic (exact) mass is 273 g/mol. The molecule has 1 fully saturated rings. The summed E-state index contributed by atoms with van der Waals surface area (Å²) < 4.78 is 0.954. The fourth-order valence-electron chi connectivity index (χ4n) is 1.63. The van der Waals surface area contributed by atoms with E-state index in [2.05, 4.69) is 21.2 Å². The van der Waals surface area contributed by atoms with E-state index in [1.165, 1.54) is 0 Å². The topological polar surface area (TPSA) is 29.1 Å². The highest BCUT2D eigenvalue weighted by molar-refractivity contribution is 9.10. The fraction of sp³-hybridized carbons (Fsp3) is 0.300. The van der Waals surface area contributed by atoms with E-state index in [1.54, 1.807) is 0 Å². The van der Waals surface area contributed by atoms with Gasteiger partial charge in [0.1, 0.15) is 0 Å². The van der Waals surface area contributed by atoms with Crippen molar-refractivity contribution < 1.29 is 4.79 Å². The largest absolute Gasteiger partial charge is 0.349 e. The van der Waals surface area contributed by atoms with Crippen molar-refractivity contribution in [2.75, 3.05) is 0 Å². The molecule has 1 heterocycles. The Balaban J connectivity index is 2.28. The van der Waals surface area contributed by atoms with Crippen LogP contribution in [0.3, 0.4) is 0 Å². The summed E-state index contributed by atoms with van der Waals surface area (Å²) in [5.41, 5.74) is 1.00. The molecule has 1 aromatic carbocycles. The van der Waals surface area contributed by atoms with Gasteiger partial charge in [0.15, 0.2) is 0 Å². The molecule has 1 amide bonds. The predicted molar refractivity (Wildman–Crippen MR) is 59.3 cm³/mol. The highest BCUT2D eigenvalue weighted by Gasteiger charge is 2.23. The van der Waals surface area contributed by atoms with E-state index in [4.69, 9.17) is 11.6 Å². The van der Waals surface area contributed by atoms with Gasteiger partial charge in [-0.15, -0.1) is 0 Å². The molecule has 0 spiro atoms. The minimum Gasteiger partial charge on any atom is -0.349 e. The van der Waals surface area contributed by atoms with Gasteiger partial charge in [0.05, 0.1) is 6.04 Å². The van der Waals surface area contributed by atoms with Crippen molar-refractivity contribution in [3.05, 3.63) is 33.3 Å². The second-order valence-corrected chi connectivity index (χ2v) is 4.65. The molecule has 1 aliphatic rings. The van der Waals surface area contributed by atoms with Crippen LogP contribution in [-0.4, -0.2) is 5.91 Å². The second-order valence-electron chi connectivity index (χ2n) is 3.32. The average Bonchev–Trinajstić information content (AvgIpc) is 2.51. The molecule has 0 aliphatic carbocycles. The van der Waals surface area contributed by atoms with Crippen LogP contribution in [0.15, 0.2) is 22.7 Å². The first-order valence-corrected chi connectivity index (χ1v) is 5.58. The summed E-state index contributed by atoms with van der Waals surface area (Å²) in [5, 5.41) is 3.59. The van der Waals surface area contributed by atoms with Crippen molar-refractivity contribution in [1.82, 2.24) is 5.32 Å². The van der Waals surface area contributed by atoms with Crippen LogP contribution in [0, 0.1) is 0 Å². The SMILES string of the molecule is O=C1CC[C@H](c2ccc(Br)cc2Cl)N1. The van der Waals surface area contributed by atoms with Gasteiger partial charge in [0.25, 0.3) is 0 Å². The van der Waals surface area contributed by atoms with Crippen molar-refractivity contribution in [3.8, 4) is 0 Å². The number of carbonyl (C=O) groups is 1. The first-order valence-electron chi connectivity index (χ1n) is 4.41. The van der Waals surface area contributed by atoms with Gasteiger partial charge in [0, 0.05) is 15.9 Å². The van der Waals surface area contributed by atoms with Gasteiger partial charge in [-0.05, 0) is 24.1 Å². The maximum absolute atomic E-state index is 11.0. The van der Waals surface area contributed by atoms with E-state index >= 15 is 0 Å². The molecule has 4 heteroatoms. The number of nitrogens with one attached hydrogen (secondary N) is 1. The molecular weight excluding hydrogens is 265 g/mol. The summed E-state index contributed by atoms with van der Waals surface area (Å²) in [6.45, 7) is 0. The summed E-state index contributed by atoms with van der Waals surface area (Å²) in [4.78, 5) is 11.0. The number of halogens is 2. The first kappa shape index (κ1) is 9.99. The Hall–Kier alpha value is -0.540. The highest BCUT2D eigenvalue weighted by atomic mass is 79.9. The molecule has 1 N–H and O–H groups in total. The average molecular weight is 275 g/mol. The molecule has 0 radical (unpaired) electrons. The van der Waals surface area contributed by atoms with Crippen LogP contribution < -0.4 is 5.32 Å². The Morgan fingerprint density at radius 2 is 2.29 bits per heavy atom. The van der Waals surface area contributed by atoms with E-state index < -0.39 is 0 Å². The molecule has 1 aliphatic heterocycles. The van der Waals surface area contributed by atoms with E-state index in [1.807, 2.05) is 18.2 Å². The number of hydrogen-bond donors (Lipinski definition) is 1. The highest BCUT2D eigenvalue weighted by Crippen LogP contribution is 2.31. The zero-order chi connectivity index (χ0) is 10.1. The van der Waals surface area contributed by atoms with Crippen LogP contribution in [0.5, 0.6) is 0 Å². The van der Waals surface area contributed by atoms with Crippen LogP contribution in [0.2, 0.25) is 5.02 Å². The van der Waals surface area contributed by atoms with Crippen LogP contribution in [0.1, 0.15) is 24.4 Å². The number of rotatable bonds is 1. The molecule has 2 rings (SSSR count). The van der Waals surface area contributed by atoms with Gasteiger partial charge in [-0.3, -0.25) is 4.79 Å². The molecule has 1 saturated heterocycles. The molecule has 1 aromatic rings. The maximum Gasteiger partial charge on any atom is 0.220 e. The first-order chi connectivity index (χ1) is 6.66. The minimum absolute atomic E-state index is 0.0862. The molecular formula is C10H9BrClNO. The zero-order valence-electron chi connectivity index (χ0n) is 7.39. The van der Waals surface area contributed by atoms with Crippen LogP contribution >= 0.6 is 27.5 Å². The molecule has 1 atom stereocenters. The van der Waals surface area contributed by atoms with Crippen molar-refractivity contribution in [2.45, 2.75) is 18.9 Å². The zero-order valence-corrected chi connectivity index (χ0v) is 9.73.